The van der Waals surface area contributed by atoms with Crippen molar-refractivity contribution in [1.29, 1.82) is 0 Å². The molecule has 0 unspecified atom stereocenters. The second-order valence-corrected chi connectivity index (χ2v) is 14.8. The lowest BCUT2D eigenvalue weighted by molar-refractivity contribution is -0.168. The van der Waals surface area contributed by atoms with E-state index in [9.17, 15) is 29.4 Å². The Morgan fingerprint density at radius 1 is 0.907 bits per heavy atom. The fourth-order valence-corrected chi connectivity index (χ4v) is 8.17. The van der Waals surface area contributed by atoms with Crippen LogP contribution in [0.15, 0.2) is 83.7 Å². The number of carbonyl (C=O) groups is 3. The van der Waals surface area contributed by atoms with Crippen molar-refractivity contribution in [2.45, 2.75) is 62.6 Å². The van der Waals surface area contributed by atoms with E-state index in [2.05, 4.69) is 15.2 Å². The van der Waals surface area contributed by atoms with Crippen LogP contribution in [-0.4, -0.2) is 94.8 Å². The monoisotopic (exact) mass is 736 g/mol. The first kappa shape index (κ1) is 37.1. The molecule has 0 saturated carbocycles. The van der Waals surface area contributed by atoms with Crippen LogP contribution in [0, 0.1) is 5.92 Å². The van der Waals surface area contributed by atoms with Crippen LogP contribution >= 0.6 is 0 Å². The van der Waals surface area contributed by atoms with Gasteiger partial charge in [-0.25, -0.2) is 0 Å². The number of carbonyl (C=O) groups excluding carboxylic acids is 3. The highest BCUT2D eigenvalue weighted by molar-refractivity contribution is 5.95. The topological polar surface area (TPSA) is 162 Å². The number of aromatic hydroxyl groups is 1. The summed E-state index contributed by atoms with van der Waals surface area (Å²) in [6, 6.07) is 22.7. The summed E-state index contributed by atoms with van der Waals surface area (Å²) in [6.45, 7) is 4.24. The van der Waals surface area contributed by atoms with Crippen molar-refractivity contribution in [3.8, 4) is 11.5 Å². The number of aliphatic hydroxyl groups is 1. The van der Waals surface area contributed by atoms with Gasteiger partial charge in [-0.05, 0) is 105 Å². The number of esters is 1. The molecule has 284 valence electrons. The molecule has 2 bridgehead atoms. The van der Waals surface area contributed by atoms with E-state index in [0.717, 1.165) is 38.0 Å². The summed E-state index contributed by atoms with van der Waals surface area (Å²) in [5.41, 5.74) is 1.07. The number of phenolic OH excluding ortho intramolecular Hbond substituents is 1. The summed E-state index contributed by atoms with van der Waals surface area (Å²) in [5, 5.41) is 24.0. The Labute approximate surface area is 314 Å². The number of benzene rings is 3. The number of amides is 2. The lowest BCUT2D eigenvalue weighted by Gasteiger charge is -2.46. The third-order valence-corrected chi connectivity index (χ3v) is 11.4. The smallest absolute Gasteiger partial charge is 0.317 e. The minimum absolute atomic E-state index is 0.0168. The van der Waals surface area contributed by atoms with Crippen molar-refractivity contribution in [3.63, 3.8) is 0 Å². The Hall–Kier alpha value is -5.20. The second kappa shape index (κ2) is 16.4. The molecule has 5 heterocycles. The van der Waals surface area contributed by atoms with Crippen LogP contribution in [0.25, 0.3) is 10.9 Å². The molecule has 4 saturated heterocycles. The van der Waals surface area contributed by atoms with E-state index in [1.807, 2.05) is 35.2 Å². The third-order valence-electron chi connectivity index (χ3n) is 11.4. The minimum Gasteiger partial charge on any atom is -0.506 e. The van der Waals surface area contributed by atoms with Gasteiger partial charge in [0.2, 0.25) is 11.5 Å². The van der Waals surface area contributed by atoms with Gasteiger partial charge >= 0.3 is 5.97 Å². The molecule has 4 aromatic rings. The van der Waals surface area contributed by atoms with E-state index in [0.29, 0.717) is 73.6 Å². The molecular weight excluding hydrogens is 688 g/mol. The third kappa shape index (κ3) is 8.14. The predicted molar refractivity (Wildman–Crippen MR) is 202 cm³/mol. The molecule has 0 spiro atoms. The van der Waals surface area contributed by atoms with Gasteiger partial charge in [0, 0.05) is 49.6 Å². The molecule has 2 atom stereocenters. The number of aromatic nitrogens is 1. The first-order chi connectivity index (χ1) is 26.2. The molecule has 1 aromatic heterocycles. The van der Waals surface area contributed by atoms with Gasteiger partial charge in [0.15, 0.2) is 0 Å². The van der Waals surface area contributed by atoms with E-state index in [1.165, 1.54) is 18.2 Å². The maximum atomic E-state index is 14.0. The van der Waals surface area contributed by atoms with Crippen molar-refractivity contribution < 1.29 is 34.1 Å². The largest absolute Gasteiger partial charge is 0.506 e. The molecule has 8 rings (SSSR count). The highest BCUT2D eigenvalue weighted by Crippen LogP contribution is 2.39. The molecule has 12 heteroatoms. The van der Waals surface area contributed by atoms with Gasteiger partial charge in [0.25, 0.3) is 5.91 Å². The van der Waals surface area contributed by atoms with Gasteiger partial charge in [-0.2, -0.15) is 0 Å². The molecule has 3 aromatic carbocycles. The van der Waals surface area contributed by atoms with Crippen molar-refractivity contribution >= 4 is 28.7 Å². The maximum absolute atomic E-state index is 14.0. The van der Waals surface area contributed by atoms with Gasteiger partial charge in [-0.1, -0.05) is 36.4 Å². The molecular formula is C42H48N4O8. The number of rotatable bonds is 13. The number of H-pyrrole nitrogens is 1. The average molecular weight is 737 g/mol. The SMILES string of the molecule is O=C(CCCCOc1ccc(C(=O)N2CCC(C(=O)O[C@H]3CN4CCC3CC4)(c3ccccc3)CC2)cc1)NC[C@H](O)c1ccc(O)c2[nH]c(=O)ccc12. The number of aliphatic hydroxyl groups excluding tert-OH is 1. The van der Waals surface area contributed by atoms with Gasteiger partial charge in [-0.3, -0.25) is 24.1 Å². The van der Waals surface area contributed by atoms with Crippen LogP contribution in [-0.2, 0) is 19.7 Å². The van der Waals surface area contributed by atoms with Gasteiger partial charge in [-0.15, -0.1) is 0 Å². The molecule has 12 nitrogen and oxygen atoms in total. The highest BCUT2D eigenvalue weighted by Gasteiger charge is 2.47. The normalized spacial score (nSPS) is 21.0. The summed E-state index contributed by atoms with van der Waals surface area (Å²) in [6.07, 6.45) is 3.52. The first-order valence-corrected chi connectivity index (χ1v) is 19.0. The van der Waals surface area contributed by atoms with E-state index in [4.69, 9.17) is 9.47 Å². The summed E-state index contributed by atoms with van der Waals surface area (Å²) in [7, 11) is 0. The zero-order valence-corrected chi connectivity index (χ0v) is 30.4. The molecule has 4 fully saturated rings. The molecule has 0 radical (unpaired) electrons. The number of aromatic amines is 1. The van der Waals surface area contributed by atoms with E-state index in [1.54, 1.807) is 30.3 Å². The van der Waals surface area contributed by atoms with Crippen molar-refractivity contribution in [1.82, 2.24) is 20.1 Å². The Balaban J connectivity index is 0.846. The number of hydrogen-bond acceptors (Lipinski definition) is 9. The van der Waals surface area contributed by atoms with Crippen LogP contribution in [0.2, 0.25) is 0 Å². The van der Waals surface area contributed by atoms with Gasteiger partial charge < -0.3 is 34.9 Å². The van der Waals surface area contributed by atoms with Crippen LogP contribution < -0.4 is 15.6 Å². The van der Waals surface area contributed by atoms with E-state index >= 15 is 0 Å². The summed E-state index contributed by atoms with van der Waals surface area (Å²) in [4.78, 5) is 58.4. The van der Waals surface area contributed by atoms with Crippen molar-refractivity contribution in [2.24, 2.45) is 5.92 Å². The van der Waals surface area contributed by atoms with Gasteiger partial charge in [0.05, 0.1) is 23.6 Å². The zero-order valence-electron chi connectivity index (χ0n) is 30.4. The highest BCUT2D eigenvalue weighted by atomic mass is 16.5. The number of hydrogen-bond donors (Lipinski definition) is 4. The Kier molecular flexibility index (Phi) is 11.3. The summed E-state index contributed by atoms with van der Waals surface area (Å²) >= 11 is 0. The van der Waals surface area contributed by atoms with Gasteiger partial charge in [0.1, 0.15) is 17.6 Å². The maximum Gasteiger partial charge on any atom is 0.317 e. The number of unbranched alkanes of at least 4 members (excludes halogenated alkanes) is 1. The van der Waals surface area contributed by atoms with Crippen LogP contribution in [0.3, 0.4) is 0 Å². The molecule has 4 aliphatic rings. The lowest BCUT2D eigenvalue weighted by atomic mass is 9.72. The predicted octanol–water partition coefficient (Wildman–Crippen LogP) is 4.44. The minimum atomic E-state index is -1.03. The van der Waals surface area contributed by atoms with E-state index < -0.39 is 11.5 Å². The number of fused-ring (bicyclic) bond motifs is 4. The molecule has 4 N–H and O–H groups in total. The Bertz CT molecular complexity index is 2000. The summed E-state index contributed by atoms with van der Waals surface area (Å²) < 4.78 is 12.2. The standard InChI is InChI=1S/C42H48N4O8/c47-34-15-13-32(33-14-16-38(50)44-39(33)34)35(48)26-43-37(49)8-4-5-25-53-31-11-9-29(10-12-31)40(51)46-23-19-42(20-24-46,30-6-2-1-3-7-30)41(52)54-36-27-45-21-17-28(36)18-22-45/h1-3,6-7,9-16,28,35-36,47-48H,4-5,8,17-27H2,(H,43,49)(H,44,50)/t35-,36-/m0/s1. The Morgan fingerprint density at radius 3 is 2.35 bits per heavy atom. The molecule has 4 aliphatic heterocycles. The van der Waals surface area contributed by atoms with Crippen molar-refractivity contribution in [2.75, 3.05) is 45.9 Å². The van der Waals surface area contributed by atoms with E-state index in [-0.39, 0.29) is 53.7 Å². The quantitative estimate of drug-likeness (QED) is 0.115. The number of nitrogens with one attached hydrogen (secondary N) is 2. The number of likely N-dealkylation sites (tertiary alicyclic amines) is 1. The second-order valence-electron chi connectivity index (χ2n) is 14.8. The summed E-state index contributed by atoms with van der Waals surface area (Å²) in [5.74, 6) is 0.490. The lowest BCUT2D eigenvalue weighted by Crippen LogP contribution is -2.55. The first-order valence-electron chi connectivity index (χ1n) is 19.0. The molecule has 0 aliphatic carbocycles. The van der Waals surface area contributed by atoms with Crippen molar-refractivity contribution in [3.05, 3.63) is 106 Å². The van der Waals surface area contributed by atoms with Crippen LogP contribution in [0.4, 0.5) is 0 Å². The fraction of sp³-hybridized carbons (Fsp3) is 0.429. The number of nitrogens with zero attached hydrogens (tertiary/aromatic N) is 2. The number of ether oxygens (including phenoxy) is 2. The molecule has 54 heavy (non-hydrogen) atoms. The van der Waals surface area contributed by atoms with Crippen LogP contribution in [0.5, 0.6) is 11.5 Å². The number of pyridine rings is 1. The zero-order chi connectivity index (χ0) is 37.7. The number of piperidine rings is 4. The average Bonchev–Trinajstić information content (AvgIpc) is 3.21. The fourth-order valence-electron chi connectivity index (χ4n) is 8.17. The Morgan fingerprint density at radius 2 is 1.65 bits per heavy atom. The van der Waals surface area contributed by atoms with Crippen LogP contribution in [0.1, 0.15) is 72.5 Å². The molecule has 2 amide bonds. The number of phenols is 1.